The Bertz CT molecular complexity index is 789. The Morgan fingerprint density at radius 2 is 1.95 bits per heavy atom. The average Bonchev–Trinajstić information content (AvgIpc) is 2.46. The molecule has 0 fully saturated rings. The van der Waals surface area contributed by atoms with E-state index in [-0.39, 0.29) is 22.6 Å². The van der Waals surface area contributed by atoms with Crippen LogP contribution in [-0.2, 0) is 9.84 Å². The van der Waals surface area contributed by atoms with E-state index in [2.05, 4.69) is 5.32 Å². The number of hydrogen-bond acceptors (Lipinski definition) is 4. The molecule has 6 heteroatoms. The third kappa shape index (κ3) is 2.71. The van der Waals surface area contributed by atoms with Crippen molar-refractivity contribution >= 4 is 27.1 Å². The van der Waals surface area contributed by atoms with Crippen LogP contribution in [0.5, 0.6) is 5.75 Å². The second-order valence-corrected chi connectivity index (χ2v) is 7.49. The molecule has 0 bridgehead atoms. The van der Waals surface area contributed by atoms with Crippen molar-refractivity contribution in [2.24, 2.45) is 0 Å². The molecule has 21 heavy (non-hydrogen) atoms. The minimum absolute atomic E-state index is 0.0221. The fraction of sp³-hybridized carbons (Fsp3) is 0.200. The maximum Gasteiger partial charge on any atom is 0.178 e. The summed E-state index contributed by atoms with van der Waals surface area (Å²) in [4.78, 5) is 0.388. The molecule has 2 aromatic rings. The van der Waals surface area contributed by atoms with E-state index in [9.17, 15) is 13.5 Å². The number of phenolic OH excluding ortho intramolecular Hbond substituents is 1. The zero-order valence-electron chi connectivity index (χ0n) is 11.1. The summed E-state index contributed by atoms with van der Waals surface area (Å²) >= 11 is 5.89. The third-order valence-corrected chi connectivity index (χ3v) is 5.71. The van der Waals surface area contributed by atoms with Crippen LogP contribution in [0, 0.1) is 0 Å². The van der Waals surface area contributed by atoms with E-state index in [4.69, 9.17) is 11.6 Å². The van der Waals surface area contributed by atoms with Crippen LogP contribution in [-0.4, -0.2) is 19.3 Å². The molecule has 2 aromatic carbocycles. The van der Waals surface area contributed by atoms with Crippen LogP contribution in [0.4, 0.5) is 5.69 Å². The number of phenols is 1. The van der Waals surface area contributed by atoms with Gasteiger partial charge < -0.3 is 10.4 Å². The Balaban J connectivity index is 1.95. The van der Waals surface area contributed by atoms with E-state index < -0.39 is 9.84 Å². The molecule has 1 aliphatic heterocycles. The quantitative estimate of drug-likeness (QED) is 0.831. The average molecular weight is 324 g/mol. The lowest BCUT2D eigenvalue weighted by Gasteiger charge is -2.27. The molecule has 0 aliphatic carbocycles. The van der Waals surface area contributed by atoms with E-state index in [1.54, 1.807) is 24.3 Å². The van der Waals surface area contributed by atoms with Gasteiger partial charge in [-0.2, -0.15) is 0 Å². The summed E-state index contributed by atoms with van der Waals surface area (Å²) in [6.07, 6.45) is 0.498. The summed E-state index contributed by atoms with van der Waals surface area (Å²) in [7, 11) is -3.19. The summed E-state index contributed by atoms with van der Waals surface area (Å²) in [5.41, 5.74) is 1.52. The van der Waals surface area contributed by atoms with E-state index in [1.165, 1.54) is 6.07 Å². The predicted molar refractivity (Wildman–Crippen MR) is 82.6 cm³/mol. The van der Waals surface area contributed by atoms with Gasteiger partial charge in [-0.05, 0) is 36.2 Å². The monoisotopic (exact) mass is 323 g/mol. The molecule has 0 saturated carbocycles. The molecule has 1 atom stereocenters. The van der Waals surface area contributed by atoms with Gasteiger partial charge in [0.2, 0.25) is 0 Å². The van der Waals surface area contributed by atoms with Crippen LogP contribution in [0.2, 0.25) is 5.02 Å². The van der Waals surface area contributed by atoms with Crippen molar-refractivity contribution in [3.8, 4) is 5.75 Å². The molecule has 3 rings (SSSR count). The van der Waals surface area contributed by atoms with Crippen molar-refractivity contribution in [3.05, 3.63) is 53.1 Å². The van der Waals surface area contributed by atoms with Gasteiger partial charge in [0.05, 0.1) is 21.7 Å². The largest absolute Gasteiger partial charge is 0.506 e. The molecule has 1 aliphatic rings. The molecule has 0 aromatic heterocycles. The molecular weight excluding hydrogens is 310 g/mol. The molecule has 0 amide bonds. The number of hydrogen-bond donors (Lipinski definition) is 2. The zero-order chi connectivity index (χ0) is 15.0. The summed E-state index contributed by atoms with van der Waals surface area (Å²) < 4.78 is 24.2. The highest BCUT2D eigenvalue weighted by Crippen LogP contribution is 2.35. The van der Waals surface area contributed by atoms with Crippen LogP contribution in [0.3, 0.4) is 0 Å². The van der Waals surface area contributed by atoms with Gasteiger partial charge in [0.15, 0.2) is 9.84 Å². The lowest BCUT2D eigenvalue weighted by Crippen LogP contribution is -2.24. The predicted octanol–water partition coefficient (Wildman–Crippen LogP) is 3.38. The van der Waals surface area contributed by atoms with Crippen molar-refractivity contribution in [1.82, 2.24) is 0 Å². The van der Waals surface area contributed by atoms with Gasteiger partial charge in [-0.1, -0.05) is 29.8 Å². The molecule has 0 saturated heterocycles. The molecule has 4 nitrogen and oxygen atoms in total. The minimum Gasteiger partial charge on any atom is -0.506 e. The van der Waals surface area contributed by atoms with E-state index in [1.807, 2.05) is 12.1 Å². The second-order valence-electron chi connectivity index (χ2n) is 5.01. The Kier molecular flexibility index (Phi) is 3.55. The van der Waals surface area contributed by atoms with Gasteiger partial charge in [-0.15, -0.1) is 0 Å². The number of fused-ring (bicyclic) bond motifs is 1. The highest BCUT2D eigenvalue weighted by atomic mass is 35.5. The number of nitrogens with one attached hydrogen (secondary N) is 1. The normalized spacial score (nSPS) is 19.8. The molecular formula is C15H14ClNO3S. The lowest BCUT2D eigenvalue weighted by molar-refractivity contribution is 0.475. The van der Waals surface area contributed by atoms with Crippen molar-refractivity contribution in [2.75, 3.05) is 11.1 Å². The van der Waals surface area contributed by atoms with Crippen molar-refractivity contribution in [3.63, 3.8) is 0 Å². The van der Waals surface area contributed by atoms with Crippen LogP contribution in [0.15, 0.2) is 47.4 Å². The van der Waals surface area contributed by atoms with Gasteiger partial charge in [0.1, 0.15) is 5.75 Å². The van der Waals surface area contributed by atoms with Gasteiger partial charge in [0, 0.05) is 5.69 Å². The first-order valence-corrected chi connectivity index (χ1v) is 8.57. The van der Waals surface area contributed by atoms with Crippen molar-refractivity contribution in [1.29, 1.82) is 0 Å². The molecule has 1 unspecified atom stereocenters. The van der Waals surface area contributed by atoms with Crippen LogP contribution < -0.4 is 5.32 Å². The van der Waals surface area contributed by atoms with Gasteiger partial charge >= 0.3 is 0 Å². The number of rotatable bonds is 2. The highest BCUT2D eigenvalue weighted by Gasteiger charge is 2.29. The zero-order valence-corrected chi connectivity index (χ0v) is 12.7. The Morgan fingerprint density at radius 3 is 2.71 bits per heavy atom. The first-order chi connectivity index (χ1) is 9.97. The van der Waals surface area contributed by atoms with Gasteiger partial charge in [0.25, 0.3) is 0 Å². The van der Waals surface area contributed by atoms with Crippen LogP contribution in [0.25, 0.3) is 0 Å². The van der Waals surface area contributed by atoms with Crippen LogP contribution in [0.1, 0.15) is 18.0 Å². The Hall–Kier alpha value is -1.72. The van der Waals surface area contributed by atoms with Crippen molar-refractivity contribution in [2.45, 2.75) is 17.4 Å². The van der Waals surface area contributed by atoms with E-state index in [0.717, 1.165) is 11.3 Å². The highest BCUT2D eigenvalue weighted by molar-refractivity contribution is 7.91. The third-order valence-electron chi connectivity index (χ3n) is 3.59. The number of anilines is 1. The Labute approximate surface area is 128 Å². The fourth-order valence-electron chi connectivity index (χ4n) is 2.54. The standard InChI is InChI=1S/C15H14ClNO3S/c16-12-9-10(5-6-14(12)18)17-13-7-8-21(19,20)15-4-2-1-3-11(13)15/h1-6,9,13,17-18H,7-8H2. The minimum atomic E-state index is -3.19. The summed E-state index contributed by atoms with van der Waals surface area (Å²) in [6, 6.07) is 11.8. The topological polar surface area (TPSA) is 66.4 Å². The number of halogens is 1. The number of aromatic hydroxyl groups is 1. The summed E-state index contributed by atoms with van der Waals surface area (Å²) in [5, 5.41) is 13.0. The van der Waals surface area contributed by atoms with Gasteiger partial charge in [-0.25, -0.2) is 8.42 Å². The van der Waals surface area contributed by atoms with Crippen LogP contribution >= 0.6 is 11.6 Å². The van der Waals surface area contributed by atoms with E-state index >= 15 is 0 Å². The van der Waals surface area contributed by atoms with Crippen molar-refractivity contribution < 1.29 is 13.5 Å². The first kappa shape index (κ1) is 14.2. The molecule has 110 valence electrons. The molecule has 1 heterocycles. The maximum atomic E-state index is 12.1. The second kappa shape index (κ2) is 5.24. The van der Waals surface area contributed by atoms with Gasteiger partial charge in [-0.3, -0.25) is 0 Å². The number of benzene rings is 2. The molecule has 0 radical (unpaired) electrons. The SMILES string of the molecule is O=S1(=O)CCC(Nc2ccc(O)c(Cl)c2)c2ccccc21. The summed E-state index contributed by atoms with van der Waals surface area (Å²) in [5.74, 6) is 0.141. The maximum absolute atomic E-state index is 12.1. The smallest absolute Gasteiger partial charge is 0.178 e. The molecule has 0 spiro atoms. The number of sulfone groups is 1. The molecule has 2 N–H and O–H groups in total. The Morgan fingerprint density at radius 1 is 1.19 bits per heavy atom. The van der Waals surface area contributed by atoms with E-state index in [0.29, 0.717) is 11.3 Å². The lowest BCUT2D eigenvalue weighted by atomic mass is 10.0. The fourth-order valence-corrected chi connectivity index (χ4v) is 4.34. The summed E-state index contributed by atoms with van der Waals surface area (Å²) in [6.45, 7) is 0. The first-order valence-electron chi connectivity index (χ1n) is 6.54.